The van der Waals surface area contributed by atoms with Gasteiger partial charge in [0.25, 0.3) is 5.69 Å². The third kappa shape index (κ3) is 4.61. The molecule has 21 heavy (non-hydrogen) atoms. The highest BCUT2D eigenvalue weighted by atomic mass is 16.6. The van der Waals surface area contributed by atoms with E-state index in [1.807, 2.05) is 6.07 Å². The van der Waals surface area contributed by atoms with Gasteiger partial charge in [-0.15, -0.1) is 0 Å². The van der Waals surface area contributed by atoms with Gasteiger partial charge in [0.2, 0.25) is 5.91 Å². The lowest BCUT2D eigenvalue weighted by Crippen LogP contribution is -2.23. The van der Waals surface area contributed by atoms with E-state index in [1.165, 1.54) is 18.2 Å². The first kappa shape index (κ1) is 14.5. The number of hydrogen-bond acceptors (Lipinski definition) is 4. The van der Waals surface area contributed by atoms with Crippen LogP contribution in [0.15, 0.2) is 53.4 Å². The Bertz CT molecular complexity index is 630. The van der Waals surface area contributed by atoms with E-state index < -0.39 is 4.92 Å². The van der Waals surface area contributed by atoms with Crippen molar-refractivity contribution in [3.05, 3.63) is 70.2 Å². The Labute approximate surface area is 121 Å². The van der Waals surface area contributed by atoms with Crippen LogP contribution in [0.25, 0.3) is 6.08 Å². The van der Waals surface area contributed by atoms with E-state index in [0.717, 1.165) is 11.1 Å². The zero-order valence-electron chi connectivity index (χ0n) is 11.2. The highest BCUT2D eigenvalue weighted by Gasteiger charge is 2.02. The van der Waals surface area contributed by atoms with Crippen LogP contribution in [0.1, 0.15) is 11.1 Å². The third-order valence-electron chi connectivity index (χ3n) is 2.82. The summed E-state index contributed by atoms with van der Waals surface area (Å²) in [7, 11) is 0. The number of benzene rings is 1. The molecular formula is C15H14N2O4. The summed E-state index contributed by atoms with van der Waals surface area (Å²) in [5.74, 6) is -0.211. The van der Waals surface area contributed by atoms with Gasteiger partial charge in [0.1, 0.15) is 0 Å². The van der Waals surface area contributed by atoms with Gasteiger partial charge in [-0.1, -0.05) is 0 Å². The van der Waals surface area contributed by atoms with Gasteiger partial charge >= 0.3 is 0 Å². The summed E-state index contributed by atoms with van der Waals surface area (Å²) in [4.78, 5) is 21.6. The predicted molar refractivity (Wildman–Crippen MR) is 77.6 cm³/mol. The van der Waals surface area contributed by atoms with Crippen LogP contribution in [-0.2, 0) is 11.2 Å². The van der Waals surface area contributed by atoms with Gasteiger partial charge in [-0.05, 0) is 41.8 Å². The molecule has 1 heterocycles. The second-order valence-corrected chi connectivity index (χ2v) is 4.35. The lowest BCUT2D eigenvalue weighted by Gasteiger charge is -2.00. The van der Waals surface area contributed by atoms with Crippen LogP contribution in [0.3, 0.4) is 0 Å². The molecule has 2 aromatic rings. The molecule has 6 nitrogen and oxygen atoms in total. The van der Waals surface area contributed by atoms with Gasteiger partial charge in [0.15, 0.2) is 0 Å². The molecule has 108 valence electrons. The van der Waals surface area contributed by atoms with Gasteiger partial charge in [-0.3, -0.25) is 14.9 Å². The molecule has 0 spiro atoms. The minimum absolute atomic E-state index is 0.0247. The first-order chi connectivity index (χ1) is 10.1. The Hall–Kier alpha value is -2.89. The summed E-state index contributed by atoms with van der Waals surface area (Å²) in [6.07, 6.45) is 6.94. The monoisotopic (exact) mass is 286 g/mol. The van der Waals surface area contributed by atoms with Crippen molar-refractivity contribution in [2.75, 3.05) is 6.54 Å². The summed E-state index contributed by atoms with van der Waals surface area (Å²) < 4.78 is 4.93. The van der Waals surface area contributed by atoms with E-state index in [9.17, 15) is 14.9 Å². The Balaban J connectivity index is 1.80. The predicted octanol–water partition coefficient (Wildman–Crippen LogP) is 2.56. The van der Waals surface area contributed by atoms with E-state index in [0.29, 0.717) is 13.0 Å². The number of hydrogen-bond donors (Lipinski definition) is 1. The first-order valence-corrected chi connectivity index (χ1v) is 6.36. The van der Waals surface area contributed by atoms with E-state index in [4.69, 9.17) is 4.42 Å². The maximum absolute atomic E-state index is 11.6. The van der Waals surface area contributed by atoms with Crippen LogP contribution < -0.4 is 5.32 Å². The molecule has 0 aliphatic carbocycles. The van der Waals surface area contributed by atoms with Crippen LogP contribution in [-0.4, -0.2) is 17.4 Å². The molecule has 0 fully saturated rings. The number of nitrogens with zero attached hydrogens (tertiary/aromatic N) is 1. The van der Waals surface area contributed by atoms with E-state index in [1.54, 1.807) is 30.7 Å². The summed E-state index contributed by atoms with van der Waals surface area (Å²) in [6.45, 7) is 0.517. The molecule has 1 aromatic carbocycles. The molecule has 1 N–H and O–H groups in total. The van der Waals surface area contributed by atoms with Crippen molar-refractivity contribution < 1.29 is 14.1 Å². The number of carbonyl (C=O) groups is 1. The Morgan fingerprint density at radius 3 is 2.67 bits per heavy atom. The molecule has 0 saturated carbocycles. The van der Waals surface area contributed by atoms with Crippen LogP contribution in [0.5, 0.6) is 0 Å². The Morgan fingerprint density at radius 2 is 2.05 bits per heavy atom. The molecule has 2 rings (SSSR count). The van der Waals surface area contributed by atoms with E-state index in [-0.39, 0.29) is 11.6 Å². The second kappa shape index (κ2) is 7.04. The highest BCUT2D eigenvalue weighted by molar-refractivity contribution is 5.91. The Morgan fingerprint density at radius 1 is 1.29 bits per heavy atom. The molecule has 1 aromatic heterocycles. The van der Waals surface area contributed by atoms with Gasteiger partial charge in [0, 0.05) is 24.8 Å². The molecule has 0 saturated heterocycles. The number of nitro benzene ring substituents is 1. The maximum atomic E-state index is 11.6. The average Bonchev–Trinajstić information content (AvgIpc) is 2.99. The smallest absolute Gasteiger partial charge is 0.269 e. The number of amides is 1. The van der Waals surface area contributed by atoms with Crippen molar-refractivity contribution in [1.29, 1.82) is 0 Å². The van der Waals surface area contributed by atoms with Crippen molar-refractivity contribution in [1.82, 2.24) is 5.32 Å². The zero-order valence-corrected chi connectivity index (χ0v) is 11.2. The number of carbonyl (C=O) groups excluding carboxylic acids is 1. The van der Waals surface area contributed by atoms with Crippen LogP contribution in [0.2, 0.25) is 0 Å². The van der Waals surface area contributed by atoms with Crippen molar-refractivity contribution in [3.63, 3.8) is 0 Å². The minimum Gasteiger partial charge on any atom is -0.472 e. The molecule has 6 heteroatoms. The molecule has 0 aliphatic rings. The molecule has 0 unspecified atom stereocenters. The van der Waals surface area contributed by atoms with Crippen LogP contribution >= 0.6 is 0 Å². The fourth-order valence-corrected chi connectivity index (χ4v) is 1.70. The molecule has 0 radical (unpaired) electrons. The summed E-state index contributed by atoms with van der Waals surface area (Å²) in [5.41, 5.74) is 1.77. The lowest BCUT2D eigenvalue weighted by molar-refractivity contribution is -0.384. The third-order valence-corrected chi connectivity index (χ3v) is 2.82. The standard InChI is InChI=1S/C15H14N2O4/c18-15(16-9-7-13-8-10-21-11-13)6-3-12-1-4-14(5-2-12)17(19)20/h1-6,8,10-11H,7,9H2,(H,16,18)/b6-3+. The van der Waals surface area contributed by atoms with Gasteiger partial charge in [0.05, 0.1) is 17.4 Å². The highest BCUT2D eigenvalue weighted by Crippen LogP contribution is 2.12. The number of rotatable bonds is 6. The van der Waals surface area contributed by atoms with Crippen molar-refractivity contribution in [2.24, 2.45) is 0 Å². The fraction of sp³-hybridized carbons (Fsp3) is 0.133. The molecular weight excluding hydrogens is 272 g/mol. The second-order valence-electron chi connectivity index (χ2n) is 4.35. The van der Waals surface area contributed by atoms with E-state index in [2.05, 4.69) is 5.32 Å². The molecule has 0 atom stereocenters. The number of furan rings is 1. The topological polar surface area (TPSA) is 85.4 Å². The molecule has 1 amide bonds. The van der Waals surface area contributed by atoms with Crippen molar-refractivity contribution in [3.8, 4) is 0 Å². The van der Waals surface area contributed by atoms with Gasteiger partial charge < -0.3 is 9.73 Å². The number of nitrogens with one attached hydrogen (secondary N) is 1. The average molecular weight is 286 g/mol. The molecule has 0 aliphatic heterocycles. The molecule has 0 bridgehead atoms. The minimum atomic E-state index is -0.462. The van der Waals surface area contributed by atoms with Crippen molar-refractivity contribution >= 4 is 17.7 Å². The van der Waals surface area contributed by atoms with Crippen molar-refractivity contribution in [2.45, 2.75) is 6.42 Å². The zero-order chi connectivity index (χ0) is 15.1. The normalized spacial score (nSPS) is 10.7. The quantitative estimate of drug-likeness (QED) is 0.502. The fourth-order valence-electron chi connectivity index (χ4n) is 1.70. The lowest BCUT2D eigenvalue weighted by atomic mass is 10.2. The summed E-state index contributed by atoms with van der Waals surface area (Å²) in [6, 6.07) is 7.83. The number of nitro groups is 1. The van der Waals surface area contributed by atoms with Gasteiger partial charge in [-0.25, -0.2) is 0 Å². The first-order valence-electron chi connectivity index (χ1n) is 6.36. The van der Waals surface area contributed by atoms with Crippen LogP contribution in [0, 0.1) is 10.1 Å². The summed E-state index contributed by atoms with van der Waals surface area (Å²) >= 11 is 0. The van der Waals surface area contributed by atoms with E-state index >= 15 is 0 Å². The largest absolute Gasteiger partial charge is 0.472 e. The van der Waals surface area contributed by atoms with Crippen LogP contribution in [0.4, 0.5) is 5.69 Å². The van der Waals surface area contributed by atoms with Gasteiger partial charge in [-0.2, -0.15) is 0 Å². The SMILES string of the molecule is O=C(/C=C/c1ccc([N+](=O)[O-])cc1)NCCc1ccoc1. The Kier molecular flexibility index (Phi) is 4.87. The summed E-state index contributed by atoms with van der Waals surface area (Å²) in [5, 5.41) is 13.3. The maximum Gasteiger partial charge on any atom is 0.269 e. The number of non-ortho nitro benzene ring substituents is 1.